The highest BCUT2D eigenvalue weighted by Crippen LogP contribution is 2.31. The van der Waals surface area contributed by atoms with Crippen LogP contribution in [0, 0.1) is 0 Å². The second-order valence-corrected chi connectivity index (χ2v) is 9.76. The number of anilines is 2. The molecule has 30 heavy (non-hydrogen) atoms. The molecule has 2 aromatic rings. The molecule has 1 heterocycles. The third-order valence-corrected chi connectivity index (χ3v) is 7.25. The van der Waals surface area contributed by atoms with E-state index in [4.69, 9.17) is 27.9 Å². The highest BCUT2D eigenvalue weighted by Gasteiger charge is 2.30. The van der Waals surface area contributed by atoms with Gasteiger partial charge in [-0.3, -0.25) is 4.79 Å². The maximum Gasteiger partial charge on any atom is 0.257 e. The average Bonchev–Trinajstić information content (AvgIpc) is 3.52. The molecule has 0 atom stereocenters. The molecule has 10 heteroatoms. The van der Waals surface area contributed by atoms with Crippen LogP contribution in [-0.2, 0) is 14.8 Å². The lowest BCUT2D eigenvalue weighted by atomic mass is 10.2. The van der Waals surface area contributed by atoms with Gasteiger partial charge in [0.05, 0.1) is 28.8 Å². The summed E-state index contributed by atoms with van der Waals surface area (Å²) in [5, 5.41) is 2.80. The largest absolute Gasteiger partial charge is 0.378 e. The van der Waals surface area contributed by atoms with Crippen LogP contribution in [0.25, 0.3) is 0 Å². The molecule has 0 radical (unpaired) electrons. The number of sulfonamides is 1. The Balaban J connectivity index is 1.52. The van der Waals surface area contributed by atoms with Crippen LogP contribution in [0.4, 0.5) is 11.4 Å². The van der Waals surface area contributed by atoms with Crippen LogP contribution in [0.3, 0.4) is 0 Å². The van der Waals surface area contributed by atoms with E-state index in [9.17, 15) is 13.2 Å². The molecule has 0 spiro atoms. The second kappa shape index (κ2) is 8.72. The first-order valence-electron chi connectivity index (χ1n) is 9.59. The zero-order valence-electron chi connectivity index (χ0n) is 16.0. The maximum absolute atomic E-state index is 12.8. The van der Waals surface area contributed by atoms with Crippen LogP contribution >= 0.6 is 23.2 Å². The van der Waals surface area contributed by atoms with E-state index in [-0.39, 0.29) is 26.5 Å². The van der Waals surface area contributed by atoms with Gasteiger partial charge in [0.15, 0.2) is 0 Å². The fourth-order valence-corrected chi connectivity index (χ4v) is 5.33. The van der Waals surface area contributed by atoms with Gasteiger partial charge in [0.1, 0.15) is 4.90 Å². The molecule has 1 aliphatic heterocycles. The van der Waals surface area contributed by atoms with E-state index in [0.717, 1.165) is 31.6 Å². The van der Waals surface area contributed by atoms with Gasteiger partial charge in [-0.25, -0.2) is 13.1 Å². The van der Waals surface area contributed by atoms with Gasteiger partial charge in [-0.15, -0.1) is 0 Å². The number of amides is 1. The van der Waals surface area contributed by atoms with E-state index >= 15 is 0 Å². The van der Waals surface area contributed by atoms with Crippen LogP contribution in [0.15, 0.2) is 41.3 Å². The smallest absolute Gasteiger partial charge is 0.257 e. The minimum atomic E-state index is -3.83. The molecule has 4 rings (SSSR count). The molecular weight excluding hydrogens is 449 g/mol. The number of nitrogens with one attached hydrogen (secondary N) is 2. The predicted molar refractivity (Wildman–Crippen MR) is 117 cm³/mol. The van der Waals surface area contributed by atoms with Gasteiger partial charge in [0.25, 0.3) is 5.91 Å². The second-order valence-electron chi connectivity index (χ2n) is 7.26. The van der Waals surface area contributed by atoms with E-state index in [1.54, 1.807) is 12.1 Å². The number of halogens is 2. The van der Waals surface area contributed by atoms with E-state index < -0.39 is 15.9 Å². The van der Waals surface area contributed by atoms with Gasteiger partial charge in [-0.05, 0) is 49.2 Å². The summed E-state index contributed by atoms with van der Waals surface area (Å²) < 4.78 is 33.0. The van der Waals surface area contributed by atoms with Crippen LogP contribution in [-0.4, -0.2) is 46.7 Å². The Kier molecular flexibility index (Phi) is 6.22. The zero-order valence-corrected chi connectivity index (χ0v) is 18.4. The Morgan fingerprint density at radius 3 is 2.33 bits per heavy atom. The third kappa shape index (κ3) is 4.90. The van der Waals surface area contributed by atoms with E-state index in [1.165, 1.54) is 12.1 Å². The van der Waals surface area contributed by atoms with Crippen LogP contribution in [0.5, 0.6) is 0 Å². The Hall–Kier alpha value is -1.84. The Morgan fingerprint density at radius 1 is 1.03 bits per heavy atom. The molecule has 160 valence electrons. The van der Waals surface area contributed by atoms with Crippen molar-refractivity contribution in [2.24, 2.45) is 0 Å². The summed E-state index contributed by atoms with van der Waals surface area (Å²) >= 11 is 12.3. The molecule has 1 saturated carbocycles. The normalized spacial score (nSPS) is 17.1. The number of carbonyl (C=O) groups is 1. The standard InChI is InChI=1S/C20H21Cl2N3O4S/c21-17-12-18(22)19(30(27,28)24-14-1-2-14)11-16(17)20(26)23-13-3-5-15(6-4-13)25-7-9-29-10-8-25/h3-6,11-12,14,24H,1-2,7-10H2,(H,23,26). The topological polar surface area (TPSA) is 87.7 Å². The summed E-state index contributed by atoms with van der Waals surface area (Å²) in [7, 11) is -3.83. The van der Waals surface area contributed by atoms with E-state index in [2.05, 4.69) is 14.9 Å². The Bertz CT molecular complexity index is 1050. The first kappa shape index (κ1) is 21.4. The lowest BCUT2D eigenvalue weighted by Crippen LogP contribution is -2.36. The fraction of sp³-hybridized carbons (Fsp3) is 0.350. The predicted octanol–water partition coefficient (Wildman–Crippen LogP) is 3.52. The molecule has 2 aromatic carbocycles. The summed E-state index contributed by atoms with van der Waals surface area (Å²) in [5.41, 5.74) is 1.65. The molecule has 7 nitrogen and oxygen atoms in total. The van der Waals surface area contributed by atoms with Crippen molar-refractivity contribution in [2.45, 2.75) is 23.8 Å². The van der Waals surface area contributed by atoms with Crippen molar-refractivity contribution in [1.29, 1.82) is 0 Å². The lowest BCUT2D eigenvalue weighted by Gasteiger charge is -2.28. The van der Waals surface area contributed by atoms with Crippen molar-refractivity contribution in [3.05, 3.63) is 52.0 Å². The van der Waals surface area contributed by atoms with Gasteiger partial charge in [-0.2, -0.15) is 0 Å². The minimum absolute atomic E-state index is 0.0282. The number of rotatable bonds is 6. The minimum Gasteiger partial charge on any atom is -0.378 e. The molecule has 1 aliphatic carbocycles. The molecule has 2 N–H and O–H groups in total. The average molecular weight is 470 g/mol. The molecule has 2 aliphatic rings. The molecule has 1 amide bonds. The highest BCUT2D eigenvalue weighted by molar-refractivity contribution is 7.89. The van der Waals surface area contributed by atoms with Gasteiger partial charge >= 0.3 is 0 Å². The summed E-state index contributed by atoms with van der Waals surface area (Å²) in [6.45, 7) is 3.01. The first-order valence-corrected chi connectivity index (χ1v) is 11.8. The van der Waals surface area contributed by atoms with Crippen molar-refractivity contribution in [3.8, 4) is 0 Å². The Morgan fingerprint density at radius 2 is 1.70 bits per heavy atom. The third-order valence-electron chi connectivity index (χ3n) is 4.96. The number of hydrogen-bond donors (Lipinski definition) is 2. The molecule has 0 unspecified atom stereocenters. The van der Waals surface area contributed by atoms with Crippen molar-refractivity contribution < 1.29 is 17.9 Å². The van der Waals surface area contributed by atoms with Gasteiger partial charge in [-0.1, -0.05) is 23.2 Å². The number of hydrogen-bond acceptors (Lipinski definition) is 5. The summed E-state index contributed by atoms with van der Waals surface area (Å²) in [5.74, 6) is -0.515. The van der Waals surface area contributed by atoms with Gasteiger partial charge in [0, 0.05) is 30.5 Å². The van der Waals surface area contributed by atoms with Crippen molar-refractivity contribution in [3.63, 3.8) is 0 Å². The van der Waals surface area contributed by atoms with Crippen LogP contribution < -0.4 is 14.9 Å². The number of morpholine rings is 1. The molecule has 2 fully saturated rings. The monoisotopic (exact) mass is 469 g/mol. The number of ether oxygens (including phenoxy) is 1. The van der Waals surface area contributed by atoms with Crippen LogP contribution in [0.2, 0.25) is 10.0 Å². The summed E-state index contributed by atoms with van der Waals surface area (Å²) in [4.78, 5) is 14.8. The Labute approximate surface area is 185 Å². The first-order chi connectivity index (χ1) is 14.3. The van der Waals surface area contributed by atoms with Gasteiger partial charge in [0.2, 0.25) is 10.0 Å². The van der Waals surface area contributed by atoms with Crippen molar-refractivity contribution in [2.75, 3.05) is 36.5 Å². The van der Waals surface area contributed by atoms with Crippen molar-refractivity contribution in [1.82, 2.24) is 4.72 Å². The van der Waals surface area contributed by atoms with E-state index in [1.807, 2.05) is 12.1 Å². The van der Waals surface area contributed by atoms with Crippen molar-refractivity contribution >= 4 is 50.5 Å². The lowest BCUT2D eigenvalue weighted by molar-refractivity contribution is 0.102. The maximum atomic E-state index is 12.8. The van der Waals surface area contributed by atoms with E-state index in [0.29, 0.717) is 18.9 Å². The molecule has 1 saturated heterocycles. The summed E-state index contributed by atoms with van der Waals surface area (Å²) in [6, 6.07) is 9.83. The van der Waals surface area contributed by atoms with Gasteiger partial charge < -0.3 is 15.0 Å². The fourth-order valence-electron chi connectivity index (χ4n) is 3.17. The SMILES string of the molecule is O=C(Nc1ccc(N2CCOCC2)cc1)c1cc(S(=O)(=O)NC2CC2)c(Cl)cc1Cl. The zero-order chi connectivity index (χ0) is 21.3. The number of carbonyl (C=O) groups excluding carboxylic acids is 1. The molecular formula is C20H21Cl2N3O4S. The number of benzene rings is 2. The summed E-state index contributed by atoms with van der Waals surface area (Å²) in [6.07, 6.45) is 1.58. The quantitative estimate of drug-likeness (QED) is 0.675. The van der Waals surface area contributed by atoms with Crippen LogP contribution in [0.1, 0.15) is 23.2 Å². The number of nitrogens with zero attached hydrogens (tertiary/aromatic N) is 1. The molecule has 0 aromatic heterocycles. The molecule has 0 bridgehead atoms. The highest BCUT2D eigenvalue weighted by atomic mass is 35.5.